The molecule has 2 heterocycles. The van der Waals surface area contributed by atoms with E-state index < -0.39 is 5.41 Å². The molecule has 0 amide bonds. The summed E-state index contributed by atoms with van der Waals surface area (Å²) >= 11 is 0. The molecule has 0 saturated carbocycles. The van der Waals surface area contributed by atoms with Gasteiger partial charge in [0.1, 0.15) is 11.6 Å². The number of phenolic OH excluding ortho intramolecular Hbond substituents is 1. The number of nitrogens with zero attached hydrogens (tertiary/aromatic N) is 5. The maximum Gasteiger partial charge on any atom is 0.211 e. The second kappa shape index (κ2) is 21.3. The summed E-state index contributed by atoms with van der Waals surface area (Å²) in [4.78, 5) is 15.6. The summed E-state index contributed by atoms with van der Waals surface area (Å²) in [6, 6.07) is 57.9. The zero-order valence-electron chi connectivity index (χ0n) is 49.6. The van der Waals surface area contributed by atoms with Crippen molar-refractivity contribution < 1.29 is 26.2 Å². The molecule has 10 rings (SSSR count). The van der Waals surface area contributed by atoms with E-state index in [0.717, 1.165) is 95.0 Å². The van der Waals surface area contributed by atoms with Gasteiger partial charge in [-0.3, -0.25) is 4.98 Å². The number of rotatable bonds is 9. The van der Waals surface area contributed by atoms with Gasteiger partial charge in [0.2, 0.25) is 5.69 Å². The molecular weight excluding hydrogens is 1160 g/mol. The van der Waals surface area contributed by atoms with Gasteiger partial charge in [-0.25, -0.2) is 9.83 Å². The van der Waals surface area contributed by atoms with E-state index in [1.165, 1.54) is 5.56 Å². The van der Waals surface area contributed by atoms with Gasteiger partial charge in [-0.1, -0.05) is 219 Å². The summed E-state index contributed by atoms with van der Waals surface area (Å²) in [6.45, 7) is 44.6. The van der Waals surface area contributed by atoms with Crippen molar-refractivity contribution >= 4 is 27.8 Å². The number of phenols is 1. The van der Waals surface area contributed by atoms with Crippen LogP contribution in [0.4, 0.5) is 5.69 Å². The van der Waals surface area contributed by atoms with Crippen LogP contribution in [0, 0.1) is 12.6 Å². The van der Waals surface area contributed by atoms with Crippen molar-refractivity contribution in [2.45, 2.75) is 144 Å². The fourth-order valence-corrected chi connectivity index (χ4v) is 11.1. The summed E-state index contributed by atoms with van der Waals surface area (Å²) in [7, 11) is 0. The molecule has 0 radical (unpaired) electrons. The predicted molar refractivity (Wildman–Crippen MR) is 333 cm³/mol. The number of aromatic nitrogens is 4. The smallest absolute Gasteiger partial charge is 0.211 e. The van der Waals surface area contributed by atoms with Crippen LogP contribution in [-0.4, -0.2) is 24.2 Å². The van der Waals surface area contributed by atoms with Gasteiger partial charge in [0, 0.05) is 37.9 Å². The summed E-state index contributed by atoms with van der Waals surface area (Å²) in [6.07, 6.45) is 0. The molecular formula is C73H76N5OPt-. The van der Waals surface area contributed by atoms with Crippen LogP contribution < -0.4 is 0 Å². The first-order chi connectivity index (χ1) is 37.2. The number of para-hydroxylation sites is 2. The second-order valence-corrected chi connectivity index (χ2v) is 26.4. The van der Waals surface area contributed by atoms with E-state index >= 15 is 0 Å². The average molecular weight is 1230 g/mol. The van der Waals surface area contributed by atoms with Gasteiger partial charge in [0.05, 0.1) is 45.7 Å². The molecule has 0 spiro atoms. The Bertz CT molecular complexity index is 3980. The fraction of sp³-hybridized carbons (Fsp3) is 0.301. The molecule has 1 N–H and O–H groups in total. The normalized spacial score (nSPS) is 12.4. The van der Waals surface area contributed by atoms with E-state index in [-0.39, 0.29) is 54.9 Å². The van der Waals surface area contributed by atoms with Gasteiger partial charge < -0.3 is 14.2 Å². The van der Waals surface area contributed by atoms with Crippen molar-refractivity contribution in [3.05, 3.63) is 203 Å². The Balaban J connectivity index is 0.00000774. The molecule has 0 unspecified atom stereocenters. The van der Waals surface area contributed by atoms with Gasteiger partial charge in [-0.15, -0.1) is 29.3 Å². The zero-order chi connectivity index (χ0) is 56.7. The third-order valence-electron chi connectivity index (χ3n) is 15.7. The van der Waals surface area contributed by atoms with Crippen molar-refractivity contribution in [2.24, 2.45) is 0 Å². The number of fused-ring (bicyclic) bond motifs is 2. The van der Waals surface area contributed by atoms with Crippen molar-refractivity contribution in [3.8, 4) is 73.3 Å². The predicted octanol–water partition coefficient (Wildman–Crippen LogP) is 20.2. The minimum atomic E-state index is -0.404. The summed E-state index contributed by atoms with van der Waals surface area (Å²) in [5, 5.41) is 12.9. The van der Waals surface area contributed by atoms with Crippen LogP contribution in [0.25, 0.3) is 94.4 Å². The van der Waals surface area contributed by atoms with E-state index in [9.17, 15) is 5.11 Å². The van der Waals surface area contributed by atoms with Crippen LogP contribution in [0.1, 0.15) is 156 Å². The minimum absolute atomic E-state index is 0. The molecule has 0 aliphatic carbocycles. The third kappa shape index (κ3) is 10.6. The molecule has 8 aromatic carbocycles. The van der Waals surface area contributed by atoms with E-state index in [1.54, 1.807) is 0 Å². The van der Waals surface area contributed by atoms with Crippen LogP contribution in [0.3, 0.4) is 0 Å². The number of aromatic hydroxyl groups is 1. The van der Waals surface area contributed by atoms with E-state index in [4.69, 9.17) is 16.5 Å². The summed E-state index contributed by atoms with van der Waals surface area (Å²) < 4.78 is 4.55. The third-order valence-corrected chi connectivity index (χ3v) is 15.7. The Labute approximate surface area is 490 Å². The van der Waals surface area contributed by atoms with E-state index in [0.29, 0.717) is 28.1 Å². The minimum Gasteiger partial charge on any atom is -0.507 e. The molecule has 2 aromatic heterocycles. The van der Waals surface area contributed by atoms with Gasteiger partial charge >= 0.3 is 0 Å². The SMILES string of the molecule is [C-]#[N+]c1ccc(-c2[c-]c(-c3nc4ccccc4n3-c3ccc(C(C)(C)C)cc3-c3ccccc3)cc(C(C)(C)C)c2)c2nc(-c3cc(C(C)(C)C)cc(C(C)(C)C)c3O)n(-c3c(C(C)C)cc(-c4ccccc4)cc3C(C)C)c12.[Pt]. The van der Waals surface area contributed by atoms with Crippen LogP contribution in [0.5, 0.6) is 5.75 Å². The van der Waals surface area contributed by atoms with Crippen LogP contribution in [-0.2, 0) is 42.7 Å². The van der Waals surface area contributed by atoms with Crippen molar-refractivity contribution in [1.82, 2.24) is 19.1 Å². The molecule has 0 fully saturated rings. The van der Waals surface area contributed by atoms with Gasteiger partial charge in [-0.05, 0) is 115 Å². The first-order valence-electron chi connectivity index (χ1n) is 28.1. The van der Waals surface area contributed by atoms with Gasteiger partial charge in [-0.2, -0.15) is 0 Å². The quantitative estimate of drug-likeness (QED) is 0.147. The number of hydrogen-bond donors (Lipinski definition) is 1. The molecule has 80 heavy (non-hydrogen) atoms. The van der Waals surface area contributed by atoms with Gasteiger partial charge in [0.25, 0.3) is 0 Å². The molecule has 0 atom stereocenters. The first kappa shape index (κ1) is 57.4. The number of hydrogen-bond acceptors (Lipinski definition) is 3. The first-order valence-corrected chi connectivity index (χ1v) is 28.1. The molecule has 0 aliphatic heterocycles. The largest absolute Gasteiger partial charge is 0.507 e. The Hall–Kier alpha value is -7.32. The summed E-state index contributed by atoms with van der Waals surface area (Å²) in [5.74, 6) is 1.69. The Morgan fingerprint density at radius 2 is 1.05 bits per heavy atom. The standard InChI is InChI=1S/C73H76N5O.Pt/c1-44(2)55-39-48(46-26-20-18-21-27-46)40-56(45(3)4)65(55)78-66-61(74-17)34-33-54(64(66)76-69(78)58-42-53(72(11,12)13)43-59(67(58)79)73(14,15)16)49-36-50(38-52(37-49)71(8,9)10)68-75-60-30-24-25-31-63(60)77(68)62-35-32-51(70(5,6)7)41-57(62)47-28-22-19-23-29-47;/h18-35,37-45,79H,1-16H3;/q-1;. The second-order valence-electron chi connectivity index (χ2n) is 26.4. The molecule has 7 heteroatoms. The van der Waals surface area contributed by atoms with Crippen molar-refractivity contribution in [2.75, 3.05) is 0 Å². The average Bonchev–Trinajstić information content (AvgIpc) is 4.12. The van der Waals surface area contributed by atoms with Crippen LogP contribution in [0.2, 0.25) is 0 Å². The van der Waals surface area contributed by atoms with Crippen molar-refractivity contribution in [3.63, 3.8) is 0 Å². The molecule has 0 saturated heterocycles. The topological polar surface area (TPSA) is 60.2 Å². The molecule has 0 aliphatic rings. The Morgan fingerprint density at radius 3 is 1.62 bits per heavy atom. The zero-order valence-corrected chi connectivity index (χ0v) is 51.9. The molecule has 0 bridgehead atoms. The maximum absolute atomic E-state index is 12.9. The van der Waals surface area contributed by atoms with Crippen molar-refractivity contribution in [1.29, 1.82) is 0 Å². The fourth-order valence-electron chi connectivity index (χ4n) is 11.1. The maximum atomic E-state index is 12.9. The monoisotopic (exact) mass is 1230 g/mol. The van der Waals surface area contributed by atoms with Crippen LogP contribution in [0.15, 0.2) is 152 Å². The van der Waals surface area contributed by atoms with E-state index in [1.807, 2.05) is 6.07 Å². The number of imidazole rings is 2. The Morgan fingerprint density at radius 1 is 0.500 bits per heavy atom. The number of benzene rings is 8. The Kier molecular flexibility index (Phi) is 15.3. The van der Waals surface area contributed by atoms with Gasteiger partial charge in [0.15, 0.2) is 0 Å². The molecule has 10 aromatic rings. The molecule has 6 nitrogen and oxygen atoms in total. The molecule has 410 valence electrons. The van der Waals surface area contributed by atoms with E-state index in [2.05, 4.69) is 276 Å². The summed E-state index contributed by atoms with van der Waals surface area (Å²) in [5.41, 5.74) is 18.8. The van der Waals surface area contributed by atoms with Crippen LogP contribution >= 0.6 is 0 Å².